The molecule has 0 radical (unpaired) electrons. The molecular formula is C12H17BrN2O. The molecule has 1 saturated heterocycles. The van der Waals surface area contributed by atoms with Gasteiger partial charge in [-0.05, 0) is 53.7 Å². The summed E-state index contributed by atoms with van der Waals surface area (Å²) in [4.78, 5) is 4.30. The van der Waals surface area contributed by atoms with Gasteiger partial charge >= 0.3 is 0 Å². The first-order valence-electron chi connectivity index (χ1n) is 5.73. The van der Waals surface area contributed by atoms with Gasteiger partial charge in [0.15, 0.2) is 0 Å². The SMILES string of the molecule is Cc1cc(NCCC2CCCO2)ncc1Br. The molecule has 0 bridgehead atoms. The van der Waals surface area contributed by atoms with E-state index in [4.69, 9.17) is 4.74 Å². The second-order valence-electron chi connectivity index (χ2n) is 4.17. The lowest BCUT2D eigenvalue weighted by molar-refractivity contribution is 0.107. The van der Waals surface area contributed by atoms with Crippen LogP contribution in [-0.4, -0.2) is 24.2 Å². The Balaban J connectivity index is 1.78. The molecule has 1 aromatic heterocycles. The van der Waals surface area contributed by atoms with Crippen LogP contribution in [0.1, 0.15) is 24.8 Å². The van der Waals surface area contributed by atoms with Gasteiger partial charge in [-0.1, -0.05) is 0 Å². The summed E-state index contributed by atoms with van der Waals surface area (Å²) < 4.78 is 6.62. The molecule has 1 aliphatic rings. The van der Waals surface area contributed by atoms with Gasteiger partial charge in [0.25, 0.3) is 0 Å². The van der Waals surface area contributed by atoms with Gasteiger partial charge in [0, 0.05) is 23.8 Å². The molecule has 16 heavy (non-hydrogen) atoms. The van der Waals surface area contributed by atoms with E-state index in [9.17, 15) is 0 Å². The Kier molecular flexibility index (Phi) is 4.18. The van der Waals surface area contributed by atoms with Gasteiger partial charge in [0.1, 0.15) is 5.82 Å². The van der Waals surface area contributed by atoms with E-state index in [-0.39, 0.29) is 0 Å². The number of hydrogen-bond donors (Lipinski definition) is 1. The highest BCUT2D eigenvalue weighted by molar-refractivity contribution is 9.10. The Morgan fingerprint density at radius 2 is 2.50 bits per heavy atom. The van der Waals surface area contributed by atoms with Crippen LogP contribution in [0.2, 0.25) is 0 Å². The lowest BCUT2D eigenvalue weighted by Crippen LogP contribution is -2.13. The third-order valence-electron chi connectivity index (χ3n) is 2.84. The summed E-state index contributed by atoms with van der Waals surface area (Å²) in [6.07, 6.45) is 5.76. The summed E-state index contributed by atoms with van der Waals surface area (Å²) in [5.74, 6) is 0.943. The highest BCUT2D eigenvalue weighted by Crippen LogP contribution is 2.18. The molecule has 1 aliphatic heterocycles. The molecule has 1 fully saturated rings. The van der Waals surface area contributed by atoms with Crippen LogP contribution in [0.3, 0.4) is 0 Å². The highest BCUT2D eigenvalue weighted by atomic mass is 79.9. The second kappa shape index (κ2) is 5.64. The molecule has 3 nitrogen and oxygen atoms in total. The summed E-state index contributed by atoms with van der Waals surface area (Å²) >= 11 is 3.44. The van der Waals surface area contributed by atoms with E-state index in [0.717, 1.165) is 29.9 Å². The first-order chi connectivity index (χ1) is 7.75. The van der Waals surface area contributed by atoms with Gasteiger partial charge < -0.3 is 10.1 Å². The van der Waals surface area contributed by atoms with Crippen LogP contribution in [0.15, 0.2) is 16.7 Å². The fourth-order valence-corrected chi connectivity index (χ4v) is 2.09. The van der Waals surface area contributed by atoms with Crippen LogP contribution in [0.25, 0.3) is 0 Å². The van der Waals surface area contributed by atoms with Crippen molar-refractivity contribution in [2.24, 2.45) is 0 Å². The van der Waals surface area contributed by atoms with Crippen LogP contribution in [0, 0.1) is 6.92 Å². The summed E-state index contributed by atoms with van der Waals surface area (Å²) in [6, 6.07) is 2.06. The van der Waals surface area contributed by atoms with Gasteiger partial charge in [-0.2, -0.15) is 0 Å². The quantitative estimate of drug-likeness (QED) is 0.922. The fourth-order valence-electron chi connectivity index (χ4n) is 1.87. The summed E-state index contributed by atoms with van der Waals surface area (Å²) in [7, 11) is 0. The molecule has 2 rings (SSSR count). The molecule has 88 valence electrons. The molecule has 1 unspecified atom stereocenters. The maximum Gasteiger partial charge on any atom is 0.126 e. The maximum atomic E-state index is 5.57. The Hall–Kier alpha value is -0.610. The number of pyridine rings is 1. The molecule has 1 aromatic rings. The minimum absolute atomic E-state index is 0.448. The van der Waals surface area contributed by atoms with E-state index >= 15 is 0 Å². The van der Waals surface area contributed by atoms with Crippen molar-refractivity contribution >= 4 is 21.7 Å². The molecule has 0 aromatic carbocycles. The number of halogens is 1. The lowest BCUT2D eigenvalue weighted by atomic mass is 10.2. The molecule has 0 spiro atoms. The van der Waals surface area contributed by atoms with E-state index in [1.54, 1.807) is 0 Å². The monoisotopic (exact) mass is 284 g/mol. The van der Waals surface area contributed by atoms with E-state index in [1.165, 1.54) is 18.4 Å². The first-order valence-corrected chi connectivity index (χ1v) is 6.52. The van der Waals surface area contributed by atoms with Crippen molar-refractivity contribution < 1.29 is 4.74 Å². The zero-order valence-electron chi connectivity index (χ0n) is 9.50. The molecule has 1 N–H and O–H groups in total. The van der Waals surface area contributed by atoms with Crippen LogP contribution >= 0.6 is 15.9 Å². The number of nitrogens with one attached hydrogen (secondary N) is 1. The van der Waals surface area contributed by atoms with E-state index < -0.39 is 0 Å². The van der Waals surface area contributed by atoms with Gasteiger partial charge in [0.05, 0.1) is 6.10 Å². The van der Waals surface area contributed by atoms with Crippen molar-refractivity contribution in [3.63, 3.8) is 0 Å². The van der Waals surface area contributed by atoms with E-state index in [1.807, 2.05) is 6.20 Å². The number of hydrogen-bond acceptors (Lipinski definition) is 3. The van der Waals surface area contributed by atoms with Crippen LogP contribution in [-0.2, 0) is 4.74 Å². The van der Waals surface area contributed by atoms with Crippen molar-refractivity contribution in [3.05, 3.63) is 22.3 Å². The third kappa shape index (κ3) is 3.19. The first kappa shape index (κ1) is 11.9. The van der Waals surface area contributed by atoms with Crippen molar-refractivity contribution in [2.45, 2.75) is 32.3 Å². The predicted octanol–water partition coefficient (Wildman–Crippen LogP) is 3.13. The molecule has 0 amide bonds. The van der Waals surface area contributed by atoms with E-state index in [2.05, 4.69) is 39.2 Å². The Labute approximate surface area is 105 Å². The summed E-state index contributed by atoms with van der Waals surface area (Å²) in [5, 5.41) is 3.33. The number of aryl methyl sites for hydroxylation is 1. The van der Waals surface area contributed by atoms with Crippen LogP contribution < -0.4 is 5.32 Å². The zero-order valence-corrected chi connectivity index (χ0v) is 11.1. The molecule has 2 heterocycles. The molecule has 0 aliphatic carbocycles. The highest BCUT2D eigenvalue weighted by Gasteiger charge is 2.14. The van der Waals surface area contributed by atoms with E-state index in [0.29, 0.717) is 6.10 Å². The van der Waals surface area contributed by atoms with Gasteiger partial charge in [-0.3, -0.25) is 0 Å². The number of rotatable bonds is 4. The second-order valence-corrected chi connectivity index (χ2v) is 5.02. The third-order valence-corrected chi connectivity index (χ3v) is 3.67. The minimum atomic E-state index is 0.448. The normalized spacial score (nSPS) is 20.0. The number of nitrogens with zero attached hydrogens (tertiary/aromatic N) is 1. The standard InChI is InChI=1S/C12H17BrN2O/c1-9-7-12(15-8-11(9)13)14-5-4-10-3-2-6-16-10/h7-8,10H,2-6H2,1H3,(H,14,15). The zero-order chi connectivity index (χ0) is 11.4. The summed E-state index contributed by atoms with van der Waals surface area (Å²) in [6.45, 7) is 3.93. The molecule has 4 heteroatoms. The van der Waals surface area contributed by atoms with Crippen LogP contribution in [0.5, 0.6) is 0 Å². The predicted molar refractivity (Wildman–Crippen MR) is 68.8 cm³/mol. The van der Waals surface area contributed by atoms with Crippen molar-refractivity contribution in [2.75, 3.05) is 18.5 Å². The average molecular weight is 285 g/mol. The van der Waals surface area contributed by atoms with Crippen LogP contribution in [0.4, 0.5) is 5.82 Å². The molecule has 1 atom stereocenters. The Morgan fingerprint density at radius 3 is 3.19 bits per heavy atom. The topological polar surface area (TPSA) is 34.1 Å². The summed E-state index contributed by atoms with van der Waals surface area (Å²) in [5.41, 5.74) is 1.20. The van der Waals surface area contributed by atoms with Gasteiger partial charge in [-0.15, -0.1) is 0 Å². The maximum absolute atomic E-state index is 5.57. The Morgan fingerprint density at radius 1 is 1.62 bits per heavy atom. The molecular weight excluding hydrogens is 268 g/mol. The molecule has 0 saturated carbocycles. The Bertz CT molecular complexity index is 351. The number of ether oxygens (including phenoxy) is 1. The van der Waals surface area contributed by atoms with Crippen molar-refractivity contribution in [3.8, 4) is 0 Å². The number of anilines is 1. The van der Waals surface area contributed by atoms with Crippen molar-refractivity contribution in [1.82, 2.24) is 4.98 Å². The largest absolute Gasteiger partial charge is 0.378 e. The van der Waals surface area contributed by atoms with Crippen molar-refractivity contribution in [1.29, 1.82) is 0 Å². The van der Waals surface area contributed by atoms with Gasteiger partial charge in [-0.25, -0.2) is 4.98 Å². The van der Waals surface area contributed by atoms with Gasteiger partial charge in [0.2, 0.25) is 0 Å². The number of aromatic nitrogens is 1. The smallest absolute Gasteiger partial charge is 0.126 e. The average Bonchev–Trinajstić information content (AvgIpc) is 2.76. The lowest BCUT2D eigenvalue weighted by Gasteiger charge is -2.11. The minimum Gasteiger partial charge on any atom is -0.378 e. The fraction of sp³-hybridized carbons (Fsp3) is 0.583.